The van der Waals surface area contributed by atoms with Crippen LogP contribution in [-0.4, -0.2) is 62.9 Å². The molecule has 2 bridgehead atoms. The van der Waals surface area contributed by atoms with E-state index in [0.29, 0.717) is 31.4 Å². The lowest BCUT2D eigenvalue weighted by atomic mass is 9.52. The molecule has 146 valence electrons. The lowest BCUT2D eigenvalue weighted by molar-refractivity contribution is -0.187. The second kappa shape index (κ2) is 5.87. The van der Waals surface area contributed by atoms with Gasteiger partial charge < -0.3 is 29.0 Å². The summed E-state index contributed by atoms with van der Waals surface area (Å²) >= 11 is 0. The summed E-state index contributed by atoms with van der Waals surface area (Å²) in [6.07, 6.45) is 4.69. The van der Waals surface area contributed by atoms with Gasteiger partial charge in [-0.25, -0.2) is 0 Å². The molecule has 6 nitrogen and oxygen atoms in total. The van der Waals surface area contributed by atoms with Gasteiger partial charge in [0.25, 0.3) is 0 Å². The topological polar surface area (TPSA) is 60.4 Å². The molecule has 1 N–H and O–H groups in total. The van der Waals surface area contributed by atoms with Crippen LogP contribution in [0, 0.1) is 5.92 Å². The number of benzene rings is 1. The number of likely N-dealkylation sites (N-methyl/N-ethyl adjacent to an activating group) is 1. The fourth-order valence-corrected chi connectivity index (χ4v) is 5.94. The second-order valence-corrected chi connectivity index (χ2v) is 8.20. The van der Waals surface area contributed by atoms with Crippen LogP contribution >= 0.6 is 0 Å². The first kappa shape index (κ1) is 17.3. The molecule has 2 aliphatic heterocycles. The van der Waals surface area contributed by atoms with E-state index < -0.39 is 5.79 Å². The summed E-state index contributed by atoms with van der Waals surface area (Å²) in [5.74, 6) is 0.950. The van der Waals surface area contributed by atoms with Crippen LogP contribution in [0.2, 0.25) is 0 Å². The summed E-state index contributed by atoms with van der Waals surface area (Å²) in [7, 11) is 5.48. The SMILES string of the molecule is COC1=C[C@@H]2[C@@H]3Cc4ccc(OC)c(O)c4[C@]2(CCN3C)CC12OCCO2. The van der Waals surface area contributed by atoms with Crippen molar-refractivity contribution in [2.45, 2.75) is 36.5 Å². The number of methoxy groups -OCH3 is 2. The van der Waals surface area contributed by atoms with Crippen molar-refractivity contribution < 1.29 is 24.1 Å². The molecule has 2 aliphatic carbocycles. The molecule has 2 fully saturated rings. The number of phenols is 1. The highest BCUT2D eigenvalue weighted by Gasteiger charge is 2.62. The number of fused-ring (bicyclic) bond motifs is 1. The highest BCUT2D eigenvalue weighted by atomic mass is 16.8. The van der Waals surface area contributed by atoms with Gasteiger partial charge in [0, 0.05) is 29.4 Å². The third-order valence-corrected chi connectivity index (χ3v) is 7.13. The van der Waals surface area contributed by atoms with Crippen molar-refractivity contribution in [1.82, 2.24) is 4.90 Å². The van der Waals surface area contributed by atoms with E-state index in [1.54, 1.807) is 14.2 Å². The number of nitrogens with zero attached hydrogens (tertiary/aromatic N) is 1. The second-order valence-electron chi connectivity index (χ2n) is 8.20. The van der Waals surface area contributed by atoms with Gasteiger partial charge in [-0.15, -0.1) is 0 Å². The van der Waals surface area contributed by atoms with Crippen molar-refractivity contribution in [3.05, 3.63) is 35.1 Å². The van der Waals surface area contributed by atoms with Crippen LogP contribution < -0.4 is 4.74 Å². The molecule has 0 saturated carbocycles. The molecule has 2 saturated heterocycles. The van der Waals surface area contributed by atoms with Crippen molar-refractivity contribution >= 4 is 0 Å². The van der Waals surface area contributed by atoms with E-state index in [1.807, 2.05) is 6.07 Å². The minimum absolute atomic E-state index is 0.232. The number of likely N-dealkylation sites (tertiary alicyclic amines) is 1. The summed E-state index contributed by atoms with van der Waals surface area (Å²) < 4.78 is 23.4. The smallest absolute Gasteiger partial charge is 0.228 e. The maximum atomic E-state index is 11.1. The van der Waals surface area contributed by atoms with Crippen LogP contribution in [0.4, 0.5) is 0 Å². The van der Waals surface area contributed by atoms with Gasteiger partial charge in [0.15, 0.2) is 17.3 Å². The van der Waals surface area contributed by atoms with Gasteiger partial charge in [-0.1, -0.05) is 6.07 Å². The summed E-state index contributed by atoms with van der Waals surface area (Å²) in [6.45, 7) is 2.09. The molecule has 3 atom stereocenters. The summed E-state index contributed by atoms with van der Waals surface area (Å²) in [5, 5.41) is 11.1. The van der Waals surface area contributed by atoms with E-state index in [2.05, 4.69) is 24.1 Å². The average molecular weight is 373 g/mol. The van der Waals surface area contributed by atoms with Gasteiger partial charge >= 0.3 is 0 Å². The van der Waals surface area contributed by atoms with Gasteiger partial charge in [-0.05, 0) is 44.1 Å². The van der Waals surface area contributed by atoms with Crippen molar-refractivity contribution in [2.24, 2.45) is 5.92 Å². The number of phenolic OH excluding ortho intramolecular Hbond substituents is 1. The third-order valence-electron chi connectivity index (χ3n) is 7.13. The Morgan fingerprint density at radius 3 is 2.67 bits per heavy atom. The van der Waals surface area contributed by atoms with Crippen LogP contribution in [-0.2, 0) is 26.0 Å². The number of rotatable bonds is 2. The zero-order chi connectivity index (χ0) is 18.8. The van der Waals surface area contributed by atoms with Crippen molar-refractivity contribution in [2.75, 3.05) is 41.0 Å². The van der Waals surface area contributed by atoms with E-state index in [9.17, 15) is 5.11 Å². The Hall–Kier alpha value is -1.76. The van der Waals surface area contributed by atoms with Crippen LogP contribution in [0.25, 0.3) is 0 Å². The van der Waals surface area contributed by atoms with Crippen LogP contribution in [0.15, 0.2) is 24.0 Å². The lowest BCUT2D eigenvalue weighted by Gasteiger charge is -2.59. The molecular weight excluding hydrogens is 346 g/mol. The molecule has 4 aliphatic rings. The number of hydrogen-bond donors (Lipinski definition) is 1. The number of ether oxygens (including phenoxy) is 4. The molecule has 1 aromatic carbocycles. The molecular formula is C21H27NO5. The first-order valence-electron chi connectivity index (χ1n) is 9.68. The monoisotopic (exact) mass is 373 g/mol. The number of hydrogen-bond acceptors (Lipinski definition) is 6. The first-order chi connectivity index (χ1) is 13.0. The highest BCUT2D eigenvalue weighted by Crippen LogP contribution is 2.61. The Labute approximate surface area is 159 Å². The molecule has 1 spiro atoms. The predicted octanol–water partition coefficient (Wildman–Crippen LogP) is 2.19. The quantitative estimate of drug-likeness (QED) is 0.858. The number of piperidine rings is 1. The predicted molar refractivity (Wildman–Crippen MR) is 98.9 cm³/mol. The minimum Gasteiger partial charge on any atom is -0.504 e. The van der Waals surface area contributed by atoms with E-state index >= 15 is 0 Å². The van der Waals surface area contributed by atoms with Crippen molar-refractivity contribution in [1.29, 1.82) is 0 Å². The Morgan fingerprint density at radius 1 is 1.19 bits per heavy atom. The minimum atomic E-state index is -0.851. The van der Waals surface area contributed by atoms with E-state index in [1.165, 1.54) is 5.56 Å². The van der Waals surface area contributed by atoms with Crippen LogP contribution in [0.5, 0.6) is 11.5 Å². The van der Waals surface area contributed by atoms with Gasteiger partial charge in [-0.3, -0.25) is 0 Å². The lowest BCUT2D eigenvalue weighted by Crippen LogP contribution is -2.63. The Kier molecular flexibility index (Phi) is 3.77. The molecule has 0 amide bonds. The number of aromatic hydroxyl groups is 1. The van der Waals surface area contributed by atoms with Crippen molar-refractivity contribution in [3.63, 3.8) is 0 Å². The molecule has 2 heterocycles. The fourth-order valence-electron chi connectivity index (χ4n) is 5.94. The van der Waals surface area contributed by atoms with Gasteiger partial charge in [0.2, 0.25) is 5.79 Å². The molecule has 1 aromatic rings. The maximum absolute atomic E-state index is 11.1. The largest absolute Gasteiger partial charge is 0.504 e. The maximum Gasteiger partial charge on any atom is 0.228 e. The summed E-state index contributed by atoms with van der Waals surface area (Å²) in [5.41, 5.74) is 1.96. The van der Waals surface area contributed by atoms with Gasteiger partial charge in [0.05, 0.1) is 27.4 Å². The first-order valence-corrected chi connectivity index (χ1v) is 9.68. The molecule has 6 heteroatoms. The Morgan fingerprint density at radius 2 is 1.96 bits per heavy atom. The highest BCUT2D eigenvalue weighted by molar-refractivity contribution is 5.57. The van der Waals surface area contributed by atoms with Crippen LogP contribution in [0.1, 0.15) is 24.0 Å². The summed E-state index contributed by atoms with van der Waals surface area (Å²) in [6, 6.07) is 4.35. The molecule has 5 rings (SSSR count). The zero-order valence-corrected chi connectivity index (χ0v) is 16.2. The van der Waals surface area contributed by atoms with Gasteiger partial charge in [0.1, 0.15) is 0 Å². The fraction of sp³-hybridized carbons (Fsp3) is 0.619. The summed E-state index contributed by atoms with van der Waals surface area (Å²) in [4.78, 5) is 2.44. The Bertz CT molecular complexity index is 800. The molecule has 0 aromatic heterocycles. The normalized spacial score (nSPS) is 34.0. The molecule has 0 radical (unpaired) electrons. The van der Waals surface area contributed by atoms with Crippen LogP contribution in [0.3, 0.4) is 0 Å². The standard InChI is InChI=1S/C21H27NO5/c1-22-7-6-20-12-21(26-8-9-27-21)17(25-3)11-14(20)15(22)10-13-4-5-16(24-2)19(23)18(13)20/h4-5,11,14-15,23H,6-10,12H2,1-3H3/t14-,15+,20-/m1/s1. The average Bonchev–Trinajstić information content (AvgIpc) is 3.12. The zero-order valence-electron chi connectivity index (χ0n) is 16.2. The van der Waals surface area contributed by atoms with E-state index in [4.69, 9.17) is 18.9 Å². The van der Waals surface area contributed by atoms with E-state index in [0.717, 1.165) is 30.7 Å². The Balaban J connectivity index is 1.75. The third kappa shape index (κ3) is 2.18. The molecule has 0 unspecified atom stereocenters. The van der Waals surface area contributed by atoms with Crippen molar-refractivity contribution in [3.8, 4) is 11.5 Å². The molecule has 27 heavy (non-hydrogen) atoms. The van der Waals surface area contributed by atoms with E-state index in [-0.39, 0.29) is 17.1 Å². The van der Waals surface area contributed by atoms with Gasteiger partial charge in [-0.2, -0.15) is 0 Å².